The predicted octanol–water partition coefficient (Wildman–Crippen LogP) is 1.39. The lowest BCUT2D eigenvalue weighted by Crippen LogP contribution is -2.36. The van der Waals surface area contributed by atoms with Crippen LogP contribution in [-0.2, 0) is 4.79 Å². The molecular formula is C12H15FN2O3. The Balaban J connectivity index is 2.81. The van der Waals surface area contributed by atoms with Gasteiger partial charge in [-0.25, -0.2) is 4.39 Å². The summed E-state index contributed by atoms with van der Waals surface area (Å²) in [5.74, 6) is -2.25. The van der Waals surface area contributed by atoms with Crippen LogP contribution in [0.15, 0.2) is 18.2 Å². The Morgan fingerprint density at radius 2 is 2.17 bits per heavy atom. The van der Waals surface area contributed by atoms with E-state index in [9.17, 15) is 14.0 Å². The van der Waals surface area contributed by atoms with Crippen molar-refractivity contribution in [1.82, 2.24) is 5.32 Å². The molecule has 0 aliphatic rings. The van der Waals surface area contributed by atoms with Gasteiger partial charge in [0.25, 0.3) is 5.91 Å². The maximum Gasteiger partial charge on any atom is 0.305 e. The predicted molar refractivity (Wildman–Crippen MR) is 64.6 cm³/mol. The molecule has 0 spiro atoms. The lowest BCUT2D eigenvalue weighted by molar-refractivity contribution is -0.137. The number of carboxylic acids is 1. The lowest BCUT2D eigenvalue weighted by Gasteiger charge is -2.15. The van der Waals surface area contributed by atoms with E-state index in [0.29, 0.717) is 6.42 Å². The van der Waals surface area contributed by atoms with Crippen molar-refractivity contribution in [3.63, 3.8) is 0 Å². The van der Waals surface area contributed by atoms with Gasteiger partial charge in [0.15, 0.2) is 0 Å². The van der Waals surface area contributed by atoms with Crippen molar-refractivity contribution in [2.45, 2.75) is 25.8 Å². The molecule has 6 heteroatoms. The van der Waals surface area contributed by atoms with Crippen molar-refractivity contribution in [2.24, 2.45) is 0 Å². The maximum absolute atomic E-state index is 13.2. The SMILES string of the molecule is CCC(CC(=O)O)NC(=O)c1cccc(F)c1N. The number of aliphatic carboxylic acids is 1. The van der Waals surface area contributed by atoms with Gasteiger partial charge in [-0.15, -0.1) is 0 Å². The first-order valence-corrected chi connectivity index (χ1v) is 5.52. The van der Waals surface area contributed by atoms with E-state index < -0.39 is 23.7 Å². The molecule has 0 aromatic heterocycles. The Labute approximate surface area is 104 Å². The van der Waals surface area contributed by atoms with E-state index >= 15 is 0 Å². The Bertz CT molecular complexity index is 463. The van der Waals surface area contributed by atoms with Gasteiger partial charge in [0.1, 0.15) is 5.82 Å². The lowest BCUT2D eigenvalue weighted by atomic mass is 10.1. The summed E-state index contributed by atoms with van der Waals surface area (Å²) < 4.78 is 13.2. The highest BCUT2D eigenvalue weighted by molar-refractivity contribution is 5.99. The van der Waals surface area contributed by atoms with Crippen LogP contribution in [0.3, 0.4) is 0 Å². The molecule has 18 heavy (non-hydrogen) atoms. The van der Waals surface area contributed by atoms with E-state index in [4.69, 9.17) is 10.8 Å². The Hall–Kier alpha value is -2.11. The molecular weight excluding hydrogens is 239 g/mol. The number of amides is 1. The Morgan fingerprint density at radius 3 is 2.72 bits per heavy atom. The van der Waals surface area contributed by atoms with Crippen molar-refractivity contribution in [3.8, 4) is 0 Å². The molecule has 4 N–H and O–H groups in total. The summed E-state index contributed by atoms with van der Waals surface area (Å²) in [7, 11) is 0. The summed E-state index contributed by atoms with van der Waals surface area (Å²) in [6, 6.07) is 3.42. The Kier molecular flexibility index (Phi) is 4.65. The number of nitrogens with two attached hydrogens (primary N) is 1. The van der Waals surface area contributed by atoms with E-state index in [1.165, 1.54) is 12.1 Å². The molecule has 1 amide bonds. The van der Waals surface area contributed by atoms with Gasteiger partial charge in [-0.1, -0.05) is 13.0 Å². The average Bonchev–Trinajstić information content (AvgIpc) is 2.31. The van der Waals surface area contributed by atoms with E-state index in [1.54, 1.807) is 6.92 Å². The number of anilines is 1. The number of benzene rings is 1. The monoisotopic (exact) mass is 254 g/mol. The van der Waals surface area contributed by atoms with E-state index in [-0.39, 0.29) is 17.7 Å². The molecule has 0 bridgehead atoms. The first kappa shape index (κ1) is 14.0. The maximum atomic E-state index is 13.2. The summed E-state index contributed by atoms with van der Waals surface area (Å²) >= 11 is 0. The zero-order chi connectivity index (χ0) is 13.7. The number of nitrogens with one attached hydrogen (secondary N) is 1. The highest BCUT2D eigenvalue weighted by Crippen LogP contribution is 2.16. The fourth-order valence-electron chi connectivity index (χ4n) is 1.51. The average molecular weight is 254 g/mol. The molecule has 0 saturated carbocycles. The standard InChI is InChI=1S/C12H15FN2O3/c1-2-7(6-10(16)17)15-12(18)8-4-3-5-9(13)11(8)14/h3-5,7H,2,6,14H2,1H3,(H,15,18)(H,16,17). The van der Waals surface area contributed by atoms with Gasteiger partial charge in [-0.05, 0) is 18.6 Å². The third kappa shape index (κ3) is 3.44. The summed E-state index contributed by atoms with van der Waals surface area (Å²) in [4.78, 5) is 22.4. The first-order chi connectivity index (χ1) is 8.45. The van der Waals surface area contributed by atoms with Crippen LogP contribution >= 0.6 is 0 Å². The quantitative estimate of drug-likeness (QED) is 0.692. The highest BCUT2D eigenvalue weighted by atomic mass is 19.1. The molecule has 0 aliphatic heterocycles. The topological polar surface area (TPSA) is 92.4 Å². The van der Waals surface area contributed by atoms with Gasteiger partial charge in [0.2, 0.25) is 0 Å². The van der Waals surface area contributed by atoms with Crippen LogP contribution in [0.5, 0.6) is 0 Å². The van der Waals surface area contributed by atoms with Crippen molar-refractivity contribution >= 4 is 17.6 Å². The van der Waals surface area contributed by atoms with Crippen LogP contribution in [0, 0.1) is 5.82 Å². The van der Waals surface area contributed by atoms with Crippen molar-refractivity contribution in [3.05, 3.63) is 29.6 Å². The van der Waals surface area contributed by atoms with Crippen molar-refractivity contribution in [1.29, 1.82) is 0 Å². The minimum atomic E-state index is -1.01. The molecule has 0 fully saturated rings. The summed E-state index contributed by atoms with van der Waals surface area (Å²) in [5, 5.41) is 11.2. The second kappa shape index (κ2) is 6.00. The van der Waals surface area contributed by atoms with Crippen LogP contribution < -0.4 is 11.1 Å². The van der Waals surface area contributed by atoms with Gasteiger partial charge in [0.05, 0.1) is 17.7 Å². The number of hydrogen-bond acceptors (Lipinski definition) is 3. The van der Waals surface area contributed by atoms with Gasteiger partial charge in [0, 0.05) is 6.04 Å². The fraction of sp³-hybridized carbons (Fsp3) is 0.333. The van der Waals surface area contributed by atoms with E-state index in [2.05, 4.69) is 5.32 Å². The third-order valence-corrected chi connectivity index (χ3v) is 2.55. The van der Waals surface area contributed by atoms with Gasteiger partial charge in [-0.3, -0.25) is 9.59 Å². The number of carbonyl (C=O) groups excluding carboxylic acids is 1. The summed E-state index contributed by atoms with van der Waals surface area (Å²) in [6.07, 6.45) is 0.282. The minimum Gasteiger partial charge on any atom is -0.481 e. The molecule has 98 valence electrons. The zero-order valence-corrected chi connectivity index (χ0v) is 9.94. The summed E-state index contributed by atoms with van der Waals surface area (Å²) in [6.45, 7) is 1.75. The van der Waals surface area contributed by atoms with Crippen LogP contribution in [0.4, 0.5) is 10.1 Å². The number of halogens is 1. The molecule has 0 saturated heterocycles. The zero-order valence-electron chi connectivity index (χ0n) is 9.94. The molecule has 5 nitrogen and oxygen atoms in total. The minimum absolute atomic E-state index is 0.0128. The van der Waals surface area contributed by atoms with Crippen LogP contribution in [0.2, 0.25) is 0 Å². The first-order valence-electron chi connectivity index (χ1n) is 5.52. The molecule has 0 aliphatic carbocycles. The van der Waals surface area contributed by atoms with Crippen molar-refractivity contribution < 1.29 is 19.1 Å². The number of rotatable bonds is 5. The molecule has 0 radical (unpaired) electrons. The molecule has 1 rings (SSSR count). The van der Waals surface area contributed by atoms with Crippen LogP contribution in [0.25, 0.3) is 0 Å². The number of carbonyl (C=O) groups is 2. The molecule has 1 unspecified atom stereocenters. The van der Waals surface area contributed by atoms with E-state index in [0.717, 1.165) is 6.07 Å². The van der Waals surface area contributed by atoms with Crippen LogP contribution in [-0.4, -0.2) is 23.0 Å². The van der Waals surface area contributed by atoms with Gasteiger partial charge >= 0.3 is 5.97 Å². The summed E-state index contributed by atoms with van der Waals surface area (Å²) in [5.41, 5.74) is 5.23. The second-order valence-electron chi connectivity index (χ2n) is 3.88. The van der Waals surface area contributed by atoms with Crippen molar-refractivity contribution in [2.75, 3.05) is 5.73 Å². The highest BCUT2D eigenvalue weighted by Gasteiger charge is 2.17. The molecule has 0 heterocycles. The van der Waals surface area contributed by atoms with Crippen LogP contribution in [0.1, 0.15) is 30.1 Å². The normalized spacial score (nSPS) is 11.9. The smallest absolute Gasteiger partial charge is 0.305 e. The molecule has 1 atom stereocenters. The number of hydrogen-bond donors (Lipinski definition) is 3. The van der Waals surface area contributed by atoms with E-state index in [1.807, 2.05) is 0 Å². The van der Waals surface area contributed by atoms with Gasteiger partial charge in [-0.2, -0.15) is 0 Å². The Morgan fingerprint density at radius 1 is 1.50 bits per heavy atom. The number of carboxylic acid groups (broad SMARTS) is 1. The fourth-order valence-corrected chi connectivity index (χ4v) is 1.51. The second-order valence-corrected chi connectivity index (χ2v) is 3.88. The third-order valence-electron chi connectivity index (χ3n) is 2.55. The number of nitrogen functional groups attached to an aromatic ring is 1. The number of para-hydroxylation sites is 1. The largest absolute Gasteiger partial charge is 0.481 e. The molecule has 1 aromatic carbocycles. The molecule has 1 aromatic rings. The van der Waals surface area contributed by atoms with Gasteiger partial charge < -0.3 is 16.2 Å².